The number of rotatable bonds is 6. The first-order chi connectivity index (χ1) is 14.9. The molecule has 0 radical (unpaired) electrons. The number of carbonyl (C=O) groups is 1. The average Bonchev–Trinajstić information content (AvgIpc) is 3.29. The summed E-state index contributed by atoms with van der Waals surface area (Å²) in [4.78, 5) is 14.5. The Kier molecular flexibility index (Phi) is 5.94. The highest BCUT2D eigenvalue weighted by Gasteiger charge is 2.12. The Morgan fingerprint density at radius 3 is 2.71 bits per heavy atom. The van der Waals surface area contributed by atoms with Crippen LogP contribution in [0.5, 0.6) is 0 Å². The Morgan fingerprint density at radius 2 is 1.97 bits per heavy atom. The third kappa shape index (κ3) is 4.72. The number of anilines is 1. The number of aromatic nitrogens is 5. The van der Waals surface area contributed by atoms with E-state index in [9.17, 15) is 4.79 Å². The summed E-state index contributed by atoms with van der Waals surface area (Å²) in [5.74, 6) is 1.88. The SMILES string of the molecule is Cc1cc(NC(=O)NCc2ccccc2Sc2ccc3nnc(C(C)C)n3c2)n(C)n1. The lowest BCUT2D eigenvalue weighted by Crippen LogP contribution is -2.29. The average molecular weight is 436 g/mol. The molecule has 0 spiro atoms. The number of fused-ring (bicyclic) bond motifs is 1. The first kappa shape index (κ1) is 20.9. The van der Waals surface area contributed by atoms with E-state index in [1.54, 1.807) is 23.5 Å². The fraction of sp³-hybridized carbons (Fsp3) is 0.273. The standard InChI is InChI=1S/C22H25N7OS/c1-14(2)21-26-25-19-10-9-17(13-29(19)21)31-18-8-6-5-7-16(18)12-23-22(30)24-20-11-15(3)27-28(20)4/h5-11,13-14H,12H2,1-4H3,(H2,23,24,30). The summed E-state index contributed by atoms with van der Waals surface area (Å²) >= 11 is 1.65. The Bertz CT molecular complexity index is 1230. The van der Waals surface area contributed by atoms with Gasteiger partial charge in [-0.2, -0.15) is 5.10 Å². The smallest absolute Gasteiger partial charge is 0.320 e. The molecule has 2 amide bonds. The molecule has 3 heterocycles. The van der Waals surface area contributed by atoms with Gasteiger partial charge in [0, 0.05) is 41.6 Å². The molecule has 4 aromatic rings. The number of hydrogen-bond donors (Lipinski definition) is 2. The summed E-state index contributed by atoms with van der Waals surface area (Å²) in [5, 5.41) is 18.5. The Morgan fingerprint density at radius 1 is 1.16 bits per heavy atom. The Hall–Kier alpha value is -3.33. The quantitative estimate of drug-likeness (QED) is 0.469. The molecule has 9 heteroatoms. The van der Waals surface area contributed by atoms with E-state index in [1.165, 1.54) is 0 Å². The molecule has 0 aliphatic heterocycles. The van der Waals surface area contributed by atoms with Crippen LogP contribution < -0.4 is 10.6 Å². The van der Waals surface area contributed by atoms with Crippen LogP contribution in [-0.4, -0.2) is 30.4 Å². The molecular weight excluding hydrogens is 410 g/mol. The number of urea groups is 1. The van der Waals surface area contributed by atoms with Crippen molar-refractivity contribution in [3.8, 4) is 0 Å². The van der Waals surface area contributed by atoms with E-state index in [0.29, 0.717) is 12.4 Å². The zero-order valence-corrected chi connectivity index (χ0v) is 18.8. The van der Waals surface area contributed by atoms with Crippen molar-refractivity contribution in [2.45, 2.75) is 43.0 Å². The number of benzene rings is 1. The minimum atomic E-state index is -0.268. The molecule has 0 aliphatic carbocycles. The summed E-state index contributed by atoms with van der Waals surface area (Å²) in [6.45, 7) is 6.51. The van der Waals surface area contributed by atoms with Gasteiger partial charge < -0.3 is 5.32 Å². The molecule has 0 unspecified atom stereocenters. The van der Waals surface area contributed by atoms with Crippen LogP contribution in [0.25, 0.3) is 5.65 Å². The maximum absolute atomic E-state index is 12.3. The molecule has 0 aliphatic rings. The van der Waals surface area contributed by atoms with Crippen LogP contribution in [0.3, 0.4) is 0 Å². The van der Waals surface area contributed by atoms with Crippen LogP contribution in [0.15, 0.2) is 58.5 Å². The molecule has 2 N–H and O–H groups in total. The predicted molar refractivity (Wildman–Crippen MR) is 121 cm³/mol. The van der Waals surface area contributed by atoms with Crippen molar-refractivity contribution in [3.63, 3.8) is 0 Å². The lowest BCUT2D eigenvalue weighted by Gasteiger charge is -2.12. The number of nitrogens with zero attached hydrogens (tertiary/aromatic N) is 5. The lowest BCUT2D eigenvalue weighted by molar-refractivity contribution is 0.251. The van der Waals surface area contributed by atoms with E-state index in [0.717, 1.165) is 32.5 Å². The van der Waals surface area contributed by atoms with Crippen molar-refractivity contribution < 1.29 is 4.79 Å². The van der Waals surface area contributed by atoms with Crippen molar-refractivity contribution in [2.24, 2.45) is 7.05 Å². The van der Waals surface area contributed by atoms with Crippen molar-refractivity contribution in [1.82, 2.24) is 29.7 Å². The monoisotopic (exact) mass is 435 g/mol. The number of nitrogens with one attached hydrogen (secondary N) is 2. The molecule has 0 saturated heterocycles. The summed E-state index contributed by atoms with van der Waals surface area (Å²) in [6.07, 6.45) is 2.07. The molecule has 160 valence electrons. The normalized spacial score (nSPS) is 11.3. The largest absolute Gasteiger partial charge is 0.334 e. The third-order valence-corrected chi connectivity index (χ3v) is 5.90. The van der Waals surface area contributed by atoms with Crippen LogP contribution in [0, 0.1) is 6.92 Å². The molecule has 8 nitrogen and oxygen atoms in total. The molecular formula is C22H25N7OS. The van der Waals surface area contributed by atoms with Crippen molar-refractivity contribution in [1.29, 1.82) is 0 Å². The van der Waals surface area contributed by atoms with Gasteiger partial charge in [-0.05, 0) is 30.7 Å². The fourth-order valence-corrected chi connectivity index (χ4v) is 4.25. The number of amides is 2. The lowest BCUT2D eigenvalue weighted by atomic mass is 10.2. The summed E-state index contributed by atoms with van der Waals surface area (Å²) in [6, 6.07) is 13.6. The summed E-state index contributed by atoms with van der Waals surface area (Å²) in [7, 11) is 1.80. The zero-order valence-electron chi connectivity index (χ0n) is 18.0. The van der Waals surface area contributed by atoms with E-state index in [-0.39, 0.29) is 11.9 Å². The zero-order chi connectivity index (χ0) is 22.0. The van der Waals surface area contributed by atoms with E-state index in [1.807, 2.05) is 47.7 Å². The van der Waals surface area contributed by atoms with Gasteiger partial charge in [0.15, 0.2) is 5.65 Å². The highest BCUT2D eigenvalue weighted by molar-refractivity contribution is 7.99. The molecule has 0 saturated carbocycles. The molecule has 0 fully saturated rings. The van der Waals surface area contributed by atoms with Crippen molar-refractivity contribution in [3.05, 3.63) is 65.7 Å². The molecule has 31 heavy (non-hydrogen) atoms. The maximum Gasteiger partial charge on any atom is 0.320 e. The van der Waals surface area contributed by atoms with Crippen molar-refractivity contribution >= 4 is 29.3 Å². The molecule has 3 aromatic heterocycles. The van der Waals surface area contributed by atoms with E-state index in [4.69, 9.17) is 0 Å². The summed E-state index contributed by atoms with van der Waals surface area (Å²) < 4.78 is 3.68. The third-order valence-electron chi connectivity index (χ3n) is 4.80. The van der Waals surface area contributed by atoms with Gasteiger partial charge in [0.1, 0.15) is 11.6 Å². The van der Waals surface area contributed by atoms with Gasteiger partial charge >= 0.3 is 6.03 Å². The minimum absolute atomic E-state index is 0.268. The van der Waals surface area contributed by atoms with Crippen LogP contribution in [-0.2, 0) is 13.6 Å². The molecule has 4 rings (SSSR count). The summed E-state index contributed by atoms with van der Waals surface area (Å²) in [5.41, 5.74) is 2.73. The maximum atomic E-state index is 12.3. The van der Waals surface area contributed by atoms with E-state index < -0.39 is 0 Å². The Balaban J connectivity index is 1.47. The second-order valence-electron chi connectivity index (χ2n) is 7.62. The van der Waals surface area contributed by atoms with Crippen LogP contribution in [0.2, 0.25) is 0 Å². The first-order valence-electron chi connectivity index (χ1n) is 10.1. The van der Waals surface area contributed by atoms with Crippen LogP contribution >= 0.6 is 11.8 Å². The van der Waals surface area contributed by atoms with E-state index in [2.05, 4.69) is 52.0 Å². The fourth-order valence-electron chi connectivity index (χ4n) is 3.28. The number of pyridine rings is 1. The molecule has 0 bridgehead atoms. The van der Waals surface area contributed by atoms with Gasteiger partial charge in [0.25, 0.3) is 0 Å². The highest BCUT2D eigenvalue weighted by Crippen LogP contribution is 2.31. The number of carbonyl (C=O) groups excluding carboxylic acids is 1. The second-order valence-corrected chi connectivity index (χ2v) is 8.73. The molecule has 1 aromatic carbocycles. The number of aryl methyl sites for hydroxylation is 2. The van der Waals surface area contributed by atoms with Crippen LogP contribution in [0.1, 0.15) is 36.8 Å². The Labute approximate surface area is 185 Å². The van der Waals surface area contributed by atoms with Crippen molar-refractivity contribution in [2.75, 3.05) is 5.32 Å². The van der Waals surface area contributed by atoms with Gasteiger partial charge in [-0.1, -0.05) is 43.8 Å². The first-order valence-corrected chi connectivity index (χ1v) is 10.9. The topological polar surface area (TPSA) is 89.1 Å². The number of hydrogen-bond acceptors (Lipinski definition) is 5. The van der Waals surface area contributed by atoms with Gasteiger partial charge in [0.2, 0.25) is 0 Å². The van der Waals surface area contributed by atoms with Gasteiger partial charge in [-0.25, -0.2) is 4.79 Å². The predicted octanol–water partition coefficient (Wildman–Crippen LogP) is 4.37. The van der Waals surface area contributed by atoms with E-state index >= 15 is 0 Å². The minimum Gasteiger partial charge on any atom is -0.334 e. The van der Waals surface area contributed by atoms with Crippen LogP contribution in [0.4, 0.5) is 10.6 Å². The van der Waals surface area contributed by atoms with Gasteiger partial charge in [0.05, 0.1) is 5.69 Å². The van der Waals surface area contributed by atoms with Gasteiger partial charge in [-0.15, -0.1) is 10.2 Å². The van der Waals surface area contributed by atoms with Gasteiger partial charge in [-0.3, -0.25) is 14.4 Å². The highest BCUT2D eigenvalue weighted by atomic mass is 32.2. The molecule has 0 atom stereocenters. The second kappa shape index (κ2) is 8.81.